The van der Waals surface area contributed by atoms with Gasteiger partial charge in [-0.05, 0) is 50.4 Å². The van der Waals surface area contributed by atoms with Crippen LogP contribution >= 0.6 is 0 Å². The Hall–Kier alpha value is -1.59. The maximum atomic E-state index is 12.7. The molecule has 1 amide bonds. The zero-order valence-corrected chi connectivity index (χ0v) is 15.4. The summed E-state index contributed by atoms with van der Waals surface area (Å²) in [4.78, 5) is 19.4. The summed E-state index contributed by atoms with van der Waals surface area (Å²) in [6.07, 6.45) is 4.27. The van der Waals surface area contributed by atoms with Crippen LogP contribution in [-0.2, 0) is 4.79 Å². The lowest BCUT2D eigenvalue weighted by Crippen LogP contribution is -2.53. The van der Waals surface area contributed by atoms with Gasteiger partial charge in [0.2, 0.25) is 5.91 Å². The van der Waals surface area contributed by atoms with Crippen LogP contribution in [0.5, 0.6) is 0 Å². The smallest absolute Gasteiger partial charge is 0.236 e. The van der Waals surface area contributed by atoms with E-state index in [1.165, 1.54) is 17.7 Å². The van der Waals surface area contributed by atoms with Crippen LogP contribution in [0.4, 0.5) is 5.69 Å². The van der Waals surface area contributed by atoms with Gasteiger partial charge in [0, 0.05) is 44.5 Å². The highest BCUT2D eigenvalue weighted by atomic mass is 16.3. The molecule has 0 bridgehead atoms. The summed E-state index contributed by atoms with van der Waals surface area (Å²) in [7, 11) is 0. The van der Waals surface area contributed by atoms with Gasteiger partial charge >= 0.3 is 0 Å². The van der Waals surface area contributed by atoms with Crippen molar-refractivity contribution in [3.63, 3.8) is 0 Å². The van der Waals surface area contributed by atoms with Gasteiger partial charge in [-0.25, -0.2) is 0 Å². The number of anilines is 1. The lowest BCUT2D eigenvalue weighted by atomic mass is 9.99. The number of benzene rings is 1. The van der Waals surface area contributed by atoms with Gasteiger partial charge in [0.25, 0.3) is 0 Å². The van der Waals surface area contributed by atoms with Crippen LogP contribution < -0.4 is 4.90 Å². The third kappa shape index (κ3) is 4.73. The number of piperazine rings is 1. The number of aliphatic hydroxyl groups is 1. The van der Waals surface area contributed by atoms with E-state index in [9.17, 15) is 9.90 Å². The first-order valence-electron chi connectivity index (χ1n) is 9.61. The van der Waals surface area contributed by atoms with Gasteiger partial charge in [0.1, 0.15) is 0 Å². The van der Waals surface area contributed by atoms with Crippen LogP contribution in [0.2, 0.25) is 0 Å². The van der Waals surface area contributed by atoms with E-state index in [1.807, 2.05) is 4.90 Å². The molecule has 0 radical (unpaired) electrons. The number of carbonyl (C=O) groups is 1. The zero-order chi connectivity index (χ0) is 17.6. The molecule has 1 atom stereocenters. The Balaban J connectivity index is 1.51. The summed E-state index contributed by atoms with van der Waals surface area (Å²) in [6, 6.07) is 8.95. The predicted molar refractivity (Wildman–Crippen MR) is 101 cm³/mol. The van der Waals surface area contributed by atoms with Gasteiger partial charge in [-0.15, -0.1) is 0 Å². The molecule has 0 aliphatic carbocycles. The first-order valence-corrected chi connectivity index (χ1v) is 9.61. The number of aryl methyl sites for hydroxylation is 1. The first-order chi connectivity index (χ1) is 12.2. The molecule has 1 aromatic carbocycles. The standard InChI is InChI=1S/C20H31N3O2/c1-17-5-4-7-19(15-17)21-10-12-22(13-11-21)20(25)16-23-9-3-2-6-18(23)8-14-24/h4-5,7,15,18,24H,2-3,6,8-14,16H2,1H3. The molecular weight excluding hydrogens is 314 g/mol. The van der Waals surface area contributed by atoms with Crippen molar-refractivity contribution in [3.8, 4) is 0 Å². The molecule has 2 aliphatic heterocycles. The van der Waals surface area contributed by atoms with Crippen molar-refractivity contribution in [2.24, 2.45) is 0 Å². The topological polar surface area (TPSA) is 47.0 Å². The maximum Gasteiger partial charge on any atom is 0.236 e. The molecule has 1 unspecified atom stereocenters. The van der Waals surface area contributed by atoms with Gasteiger partial charge in [-0.2, -0.15) is 0 Å². The Morgan fingerprint density at radius 1 is 1.16 bits per heavy atom. The second-order valence-electron chi connectivity index (χ2n) is 7.34. The minimum atomic E-state index is 0.213. The maximum absolute atomic E-state index is 12.7. The summed E-state index contributed by atoms with van der Waals surface area (Å²) in [5, 5.41) is 9.25. The van der Waals surface area contributed by atoms with Gasteiger partial charge in [0.05, 0.1) is 6.54 Å². The lowest BCUT2D eigenvalue weighted by molar-refractivity contribution is -0.133. The van der Waals surface area contributed by atoms with Gasteiger partial charge in [0.15, 0.2) is 0 Å². The van der Waals surface area contributed by atoms with Crippen molar-refractivity contribution in [2.75, 3.05) is 50.8 Å². The number of rotatable bonds is 5. The van der Waals surface area contributed by atoms with E-state index in [1.54, 1.807) is 0 Å². The number of nitrogens with zero attached hydrogens (tertiary/aromatic N) is 3. The lowest BCUT2D eigenvalue weighted by Gasteiger charge is -2.39. The first kappa shape index (κ1) is 18.2. The van der Waals surface area contributed by atoms with E-state index in [4.69, 9.17) is 0 Å². The number of hydrogen-bond acceptors (Lipinski definition) is 4. The molecule has 0 saturated carbocycles. The fourth-order valence-corrected chi connectivity index (χ4v) is 4.06. The molecule has 5 nitrogen and oxygen atoms in total. The quantitative estimate of drug-likeness (QED) is 0.885. The number of amides is 1. The molecular formula is C20H31N3O2. The fraction of sp³-hybridized carbons (Fsp3) is 0.650. The number of carbonyl (C=O) groups excluding carboxylic acids is 1. The molecule has 0 spiro atoms. The summed E-state index contributed by atoms with van der Waals surface area (Å²) >= 11 is 0. The van der Waals surface area contributed by atoms with Crippen LogP contribution in [0.25, 0.3) is 0 Å². The summed E-state index contributed by atoms with van der Waals surface area (Å²) in [5.41, 5.74) is 2.53. The van der Waals surface area contributed by atoms with Gasteiger partial charge in [-0.3, -0.25) is 9.69 Å². The molecule has 25 heavy (non-hydrogen) atoms. The van der Waals surface area contributed by atoms with Crippen LogP contribution in [-0.4, -0.2) is 72.7 Å². The minimum absolute atomic E-state index is 0.213. The highest BCUT2D eigenvalue weighted by Gasteiger charge is 2.27. The second-order valence-corrected chi connectivity index (χ2v) is 7.34. The molecule has 1 N–H and O–H groups in total. The van der Waals surface area contributed by atoms with Crippen molar-refractivity contribution in [3.05, 3.63) is 29.8 Å². The van der Waals surface area contributed by atoms with Gasteiger partial charge < -0.3 is 14.9 Å². The second kappa shape index (κ2) is 8.68. The predicted octanol–water partition coefficient (Wildman–Crippen LogP) is 1.88. The Bertz CT molecular complexity index is 568. The van der Waals surface area contributed by atoms with Crippen LogP contribution in [0, 0.1) is 6.92 Å². The highest BCUT2D eigenvalue weighted by Crippen LogP contribution is 2.21. The van der Waals surface area contributed by atoms with E-state index < -0.39 is 0 Å². The zero-order valence-electron chi connectivity index (χ0n) is 15.4. The highest BCUT2D eigenvalue weighted by molar-refractivity contribution is 5.78. The van der Waals surface area contributed by atoms with Crippen molar-refractivity contribution >= 4 is 11.6 Å². The summed E-state index contributed by atoms with van der Waals surface area (Å²) in [5.74, 6) is 0.244. The van der Waals surface area contributed by atoms with E-state index in [0.29, 0.717) is 12.6 Å². The largest absolute Gasteiger partial charge is 0.396 e. The number of hydrogen-bond donors (Lipinski definition) is 1. The Labute approximate surface area is 151 Å². The van der Waals surface area contributed by atoms with Crippen LogP contribution in [0.3, 0.4) is 0 Å². The molecule has 2 fully saturated rings. The number of likely N-dealkylation sites (tertiary alicyclic amines) is 1. The number of piperidine rings is 1. The molecule has 2 saturated heterocycles. The third-order valence-corrected chi connectivity index (χ3v) is 5.55. The Morgan fingerprint density at radius 3 is 2.68 bits per heavy atom. The Morgan fingerprint density at radius 2 is 1.96 bits per heavy atom. The molecule has 5 heteroatoms. The van der Waals surface area contributed by atoms with E-state index in [-0.39, 0.29) is 12.5 Å². The van der Waals surface area contributed by atoms with Gasteiger partial charge in [-0.1, -0.05) is 18.6 Å². The average molecular weight is 345 g/mol. The molecule has 2 heterocycles. The van der Waals surface area contributed by atoms with E-state index in [2.05, 4.69) is 41.0 Å². The molecule has 138 valence electrons. The summed E-state index contributed by atoms with van der Waals surface area (Å²) in [6.45, 7) is 7.21. The van der Waals surface area contributed by atoms with Crippen molar-refractivity contribution in [2.45, 2.75) is 38.6 Å². The number of aliphatic hydroxyl groups excluding tert-OH is 1. The van der Waals surface area contributed by atoms with Crippen molar-refractivity contribution in [1.82, 2.24) is 9.80 Å². The summed E-state index contributed by atoms with van der Waals surface area (Å²) < 4.78 is 0. The van der Waals surface area contributed by atoms with Crippen molar-refractivity contribution in [1.29, 1.82) is 0 Å². The minimum Gasteiger partial charge on any atom is -0.396 e. The van der Waals surface area contributed by atoms with E-state index >= 15 is 0 Å². The fourth-order valence-electron chi connectivity index (χ4n) is 4.06. The molecule has 3 rings (SSSR count). The molecule has 0 aromatic heterocycles. The van der Waals surface area contributed by atoms with Crippen LogP contribution in [0.1, 0.15) is 31.2 Å². The monoisotopic (exact) mass is 345 g/mol. The van der Waals surface area contributed by atoms with E-state index in [0.717, 1.165) is 52.0 Å². The normalized spacial score (nSPS) is 22.2. The average Bonchev–Trinajstić information content (AvgIpc) is 2.64. The third-order valence-electron chi connectivity index (χ3n) is 5.55. The van der Waals surface area contributed by atoms with Crippen LogP contribution in [0.15, 0.2) is 24.3 Å². The SMILES string of the molecule is Cc1cccc(N2CCN(C(=O)CN3CCCCC3CCO)CC2)c1. The van der Waals surface area contributed by atoms with Crippen molar-refractivity contribution < 1.29 is 9.90 Å². The molecule has 2 aliphatic rings. The Kier molecular flexibility index (Phi) is 6.32. The molecule has 1 aromatic rings.